The monoisotopic (exact) mass is 1190 g/mol. The Bertz CT molecular complexity index is 3750. The van der Waals surface area contributed by atoms with E-state index in [0.29, 0.717) is 11.5 Å². The number of ether oxygens (including phenoxy) is 1. The average molecular weight is 1190 g/mol. The van der Waals surface area contributed by atoms with Crippen LogP contribution >= 0.6 is 0 Å². The van der Waals surface area contributed by atoms with Gasteiger partial charge in [-0.3, -0.25) is 4.57 Å². The molecule has 7 aromatic carbocycles. The number of nitrogens with zero attached hydrogens (tertiary/aromatic N) is 4. The van der Waals surface area contributed by atoms with Gasteiger partial charge in [-0.2, -0.15) is 11.6 Å². The van der Waals surface area contributed by atoms with Gasteiger partial charge in [0.1, 0.15) is 5.82 Å². The summed E-state index contributed by atoms with van der Waals surface area (Å²) in [7, 11) is 0. The molecule has 0 saturated carbocycles. The van der Waals surface area contributed by atoms with Crippen molar-refractivity contribution in [1.29, 1.82) is 0 Å². The van der Waals surface area contributed by atoms with E-state index in [9.17, 15) is 0 Å². The molecule has 0 bridgehead atoms. The Morgan fingerprint density at radius 2 is 1.01 bits per heavy atom. The van der Waals surface area contributed by atoms with Crippen LogP contribution in [0.4, 0.5) is 0 Å². The Labute approximate surface area is 473 Å². The van der Waals surface area contributed by atoms with Crippen molar-refractivity contribution < 1.29 is 30.4 Å². The average Bonchev–Trinajstić information content (AvgIpc) is 4.02. The summed E-state index contributed by atoms with van der Waals surface area (Å²) in [5.74, 6) is 2.06. The zero-order chi connectivity index (χ0) is 54.2. The van der Waals surface area contributed by atoms with Crippen LogP contribution in [0.5, 0.6) is 11.5 Å². The Morgan fingerprint density at radius 3 is 1.61 bits per heavy atom. The maximum absolute atomic E-state index is 7.27. The van der Waals surface area contributed by atoms with Gasteiger partial charge in [0, 0.05) is 60.5 Å². The van der Waals surface area contributed by atoms with E-state index in [4.69, 9.17) is 9.72 Å². The molecule has 0 atom stereocenters. The van der Waals surface area contributed by atoms with Crippen molar-refractivity contribution in [3.63, 3.8) is 0 Å². The first kappa shape index (κ1) is 55.0. The van der Waals surface area contributed by atoms with Crippen LogP contribution in [0.1, 0.15) is 154 Å². The summed E-state index contributed by atoms with van der Waals surface area (Å²) in [4.78, 5) is 5.02. The predicted octanol–water partition coefficient (Wildman–Crippen LogP) is 17.3. The van der Waals surface area contributed by atoms with Crippen LogP contribution in [0.25, 0.3) is 39.0 Å². The third-order valence-electron chi connectivity index (χ3n) is 15.8. The third kappa shape index (κ3) is 10.3. The van der Waals surface area contributed by atoms with Gasteiger partial charge in [0.25, 0.3) is 6.33 Å². The number of imidazole rings is 1. The summed E-state index contributed by atoms with van der Waals surface area (Å²) < 4.78 is 14.1. The first-order chi connectivity index (χ1) is 35.8. The van der Waals surface area contributed by atoms with Gasteiger partial charge in [0.15, 0.2) is 0 Å². The Morgan fingerprint density at radius 1 is 0.468 bits per heavy atom. The molecule has 0 N–H and O–H groups in total. The second-order valence-electron chi connectivity index (χ2n) is 25.5. The van der Waals surface area contributed by atoms with E-state index in [1.54, 1.807) is 0 Å². The summed E-state index contributed by atoms with van der Waals surface area (Å²) in [6, 6.07) is 69.0. The smallest absolute Gasteiger partial charge is 0.267 e. The Kier molecular flexibility index (Phi) is 14.4. The molecule has 0 unspecified atom stereocenters. The van der Waals surface area contributed by atoms with Crippen molar-refractivity contribution in [2.24, 2.45) is 0 Å². The van der Waals surface area contributed by atoms with Crippen molar-refractivity contribution >= 4 is 21.8 Å². The van der Waals surface area contributed by atoms with Gasteiger partial charge in [-0.05, 0) is 85.5 Å². The molecule has 3 aromatic heterocycles. The summed E-state index contributed by atoms with van der Waals surface area (Å²) in [6.45, 7) is 34.4. The quantitative estimate of drug-likeness (QED) is 0.0956. The topological polar surface area (TPSA) is 35.9 Å². The van der Waals surface area contributed by atoms with E-state index >= 15 is 0 Å². The largest absolute Gasteiger partial charge is 0.510 e. The zero-order valence-electron chi connectivity index (χ0n) is 47.8. The second-order valence-corrected chi connectivity index (χ2v) is 25.5. The fraction of sp³-hybridized carbons (Fsp3) is 0.296. The van der Waals surface area contributed by atoms with Crippen molar-refractivity contribution in [3.05, 3.63) is 245 Å². The zero-order valence-corrected chi connectivity index (χ0v) is 50.0. The summed E-state index contributed by atoms with van der Waals surface area (Å²) in [6.07, 6.45) is 5.99. The van der Waals surface area contributed by atoms with Gasteiger partial charge in [-0.15, -0.1) is 29.8 Å². The van der Waals surface area contributed by atoms with Crippen molar-refractivity contribution in [2.45, 2.75) is 136 Å². The first-order valence-corrected chi connectivity index (χ1v) is 27.0. The molecule has 3 heterocycles. The molecule has 5 nitrogen and oxygen atoms in total. The number of benzene rings is 7. The standard InChI is InChI=1S/C71H74N4O.Pt/c1-66(2,3)51-38-39-72-62(43-51)75-60-37-26-25-36-58(60)63-59(68(7,8)9)45-57(46-61(63)75)76-56-42-53(67(4,5)6)41-55(44-56)74-47-73(54-35-27-34-52(40-54)69(10,11)48-28-19-16-20-29-48)64(70(12,13)49-30-21-17-22-31-49)65(74)71(14,15)50-32-23-18-24-33-50;/h16-43,45H,1-15H3;/q-2;. The van der Waals surface area contributed by atoms with Crippen LogP contribution in [-0.2, 0) is 53.6 Å². The van der Waals surface area contributed by atoms with Crippen molar-refractivity contribution in [1.82, 2.24) is 14.1 Å². The number of hydrogen-bond acceptors (Lipinski definition) is 2. The Hall–Kier alpha value is -6.81. The molecule has 0 aliphatic rings. The molecule has 0 aliphatic heterocycles. The van der Waals surface area contributed by atoms with E-state index in [0.717, 1.165) is 55.9 Å². The van der Waals surface area contributed by atoms with Gasteiger partial charge in [-0.25, -0.2) is 4.98 Å². The minimum absolute atomic E-state index is 0. The molecule has 0 aliphatic carbocycles. The van der Waals surface area contributed by atoms with E-state index in [1.165, 1.54) is 33.4 Å². The fourth-order valence-corrected chi connectivity index (χ4v) is 11.1. The minimum Gasteiger partial charge on any atom is -0.510 e. The van der Waals surface area contributed by atoms with Gasteiger partial charge in [0.05, 0.1) is 17.1 Å². The van der Waals surface area contributed by atoms with Crippen LogP contribution < -0.4 is 9.30 Å². The molecule has 10 aromatic rings. The maximum atomic E-state index is 7.27. The number of pyridine rings is 1. The molecule has 0 amide bonds. The van der Waals surface area contributed by atoms with E-state index in [2.05, 4.69) is 306 Å². The molecule has 396 valence electrons. The predicted molar refractivity (Wildman–Crippen MR) is 314 cm³/mol. The molecule has 77 heavy (non-hydrogen) atoms. The van der Waals surface area contributed by atoms with Crippen LogP contribution in [-0.4, -0.2) is 14.1 Å². The first-order valence-electron chi connectivity index (χ1n) is 27.0. The maximum Gasteiger partial charge on any atom is 0.267 e. The molecular weight excluding hydrogens is 1120 g/mol. The van der Waals surface area contributed by atoms with Gasteiger partial charge >= 0.3 is 0 Å². The fourth-order valence-electron chi connectivity index (χ4n) is 11.1. The normalized spacial score (nSPS) is 12.8. The van der Waals surface area contributed by atoms with Gasteiger partial charge in [0.2, 0.25) is 0 Å². The van der Waals surface area contributed by atoms with E-state index < -0.39 is 10.8 Å². The van der Waals surface area contributed by atoms with Crippen LogP contribution in [0, 0.1) is 18.5 Å². The van der Waals surface area contributed by atoms with Crippen molar-refractivity contribution in [3.8, 4) is 28.7 Å². The summed E-state index contributed by atoms with van der Waals surface area (Å²) in [5.41, 5.74) is 12.6. The molecule has 0 radical (unpaired) electrons. The van der Waals surface area contributed by atoms with Gasteiger partial charge in [-0.1, -0.05) is 236 Å². The number of rotatable bonds is 11. The molecule has 0 spiro atoms. The summed E-state index contributed by atoms with van der Waals surface area (Å²) in [5, 5.41) is 2.31. The van der Waals surface area contributed by atoms with Gasteiger partial charge < -0.3 is 13.9 Å². The number of hydrogen-bond donors (Lipinski definition) is 0. The minimum atomic E-state index is -0.538. The molecule has 10 rings (SSSR count). The van der Waals surface area contributed by atoms with Crippen LogP contribution in [0.3, 0.4) is 0 Å². The molecule has 0 saturated heterocycles. The van der Waals surface area contributed by atoms with E-state index in [-0.39, 0.29) is 42.7 Å². The number of aromatic nitrogens is 4. The van der Waals surface area contributed by atoms with Crippen LogP contribution in [0.15, 0.2) is 176 Å². The molecule has 0 fully saturated rings. The molecular formula is C71H74N4OPt-2. The van der Waals surface area contributed by atoms with Crippen molar-refractivity contribution in [2.75, 3.05) is 0 Å². The Balaban J connectivity index is 0.00000722. The second kappa shape index (κ2) is 20.2. The third-order valence-corrected chi connectivity index (χ3v) is 15.8. The summed E-state index contributed by atoms with van der Waals surface area (Å²) >= 11 is 0. The molecule has 6 heteroatoms. The van der Waals surface area contributed by atoms with E-state index in [1.807, 2.05) is 6.20 Å². The van der Waals surface area contributed by atoms with Crippen LogP contribution in [0.2, 0.25) is 0 Å². The SMILES string of the molecule is CC(C)(C)c1cc(Oc2[c-]c3c(c(C(C)(C)C)c2)c2ccccc2n3-c2cc(C(C)(C)C)ccn2)[c-]c(-n2[c-][n+](-c3cccc(C(C)(C)c4ccccc4)c3)c(C(C)(C)c3ccccc3)c2C(C)(C)c2ccccc2)c1.[Pt]. The number of fused-ring (bicyclic) bond motifs is 3. The number of para-hydroxylation sites is 1.